The summed E-state index contributed by atoms with van der Waals surface area (Å²) in [5, 5.41) is 4.69. The zero-order valence-electron chi connectivity index (χ0n) is 11.5. The minimum atomic E-state index is 0.944. The summed E-state index contributed by atoms with van der Waals surface area (Å²) < 4.78 is 0. The summed E-state index contributed by atoms with van der Waals surface area (Å²) in [6.45, 7) is 2.28. The van der Waals surface area contributed by atoms with Crippen molar-refractivity contribution in [1.29, 1.82) is 0 Å². The van der Waals surface area contributed by atoms with E-state index >= 15 is 0 Å². The zero-order chi connectivity index (χ0) is 12.6. The molecule has 18 heavy (non-hydrogen) atoms. The first-order valence-electron chi connectivity index (χ1n) is 7.47. The van der Waals surface area contributed by atoms with E-state index in [1.807, 2.05) is 0 Å². The van der Waals surface area contributed by atoms with Gasteiger partial charge in [0.25, 0.3) is 0 Å². The number of aryl methyl sites for hydroxylation is 1. The van der Waals surface area contributed by atoms with Crippen LogP contribution < -0.4 is 0 Å². The van der Waals surface area contributed by atoms with Gasteiger partial charge in [0, 0.05) is 0 Å². The summed E-state index contributed by atoms with van der Waals surface area (Å²) >= 11 is 0. The average Bonchev–Trinajstić information content (AvgIpc) is 2.80. The van der Waals surface area contributed by atoms with Crippen LogP contribution in [0.15, 0.2) is 30.3 Å². The third-order valence-electron chi connectivity index (χ3n) is 3.64. The Kier molecular flexibility index (Phi) is 5.81. The number of rotatable bonds is 8. The third kappa shape index (κ3) is 4.18. The first kappa shape index (κ1) is 13.7. The molecule has 0 aliphatic carbocycles. The summed E-state index contributed by atoms with van der Waals surface area (Å²) in [6, 6.07) is 11.3. The van der Waals surface area contributed by atoms with Crippen LogP contribution in [-0.2, 0) is 6.42 Å². The van der Waals surface area contributed by atoms with Gasteiger partial charge in [-0.25, -0.2) is 0 Å². The average molecular weight is 260 g/mol. The highest BCUT2D eigenvalue weighted by atomic mass is 31.0. The molecular formula is C17H25P. The van der Waals surface area contributed by atoms with E-state index in [4.69, 9.17) is 0 Å². The molecule has 2 rings (SSSR count). The Labute approximate surface area is 113 Å². The van der Waals surface area contributed by atoms with Crippen LogP contribution in [0.3, 0.4) is 0 Å². The first-order valence-corrected chi connectivity index (χ1v) is 8.47. The molecule has 1 heteroatoms. The van der Waals surface area contributed by atoms with Crippen molar-refractivity contribution in [1.82, 2.24) is 0 Å². The number of fused-ring (bicyclic) bond motifs is 1. The van der Waals surface area contributed by atoms with Crippen molar-refractivity contribution in [2.75, 3.05) is 0 Å². The van der Waals surface area contributed by atoms with Gasteiger partial charge in [-0.15, -0.1) is 8.19 Å². The Bertz CT molecular complexity index is 422. The number of hydrogen-bond acceptors (Lipinski definition) is 0. The molecule has 0 saturated heterocycles. The summed E-state index contributed by atoms with van der Waals surface area (Å²) in [7, 11) is 0.944. The van der Waals surface area contributed by atoms with E-state index in [1.165, 1.54) is 56.8 Å². The van der Waals surface area contributed by atoms with E-state index in [9.17, 15) is 0 Å². The van der Waals surface area contributed by atoms with Gasteiger partial charge < -0.3 is 0 Å². The maximum absolute atomic E-state index is 2.42. The van der Waals surface area contributed by atoms with Crippen molar-refractivity contribution in [3.8, 4) is 0 Å². The van der Waals surface area contributed by atoms with E-state index < -0.39 is 0 Å². The Balaban J connectivity index is 1.67. The topological polar surface area (TPSA) is 0 Å². The molecule has 2 aromatic rings. The molecule has 0 nitrogen and oxygen atoms in total. The molecule has 0 aliphatic rings. The fourth-order valence-corrected chi connectivity index (χ4v) is 3.90. The molecule has 0 amide bonds. The van der Waals surface area contributed by atoms with Crippen LogP contribution in [0.25, 0.3) is 10.5 Å². The molecule has 1 atom stereocenters. The van der Waals surface area contributed by atoms with Gasteiger partial charge in [0.2, 0.25) is 0 Å². The molecule has 0 N–H and O–H groups in total. The maximum Gasteiger partial charge on any atom is -0.00156 e. The molecule has 98 valence electrons. The smallest absolute Gasteiger partial charge is 0.00156 e. The molecule has 0 radical (unpaired) electrons. The van der Waals surface area contributed by atoms with Crippen LogP contribution >= 0.6 is 8.19 Å². The molecular weight excluding hydrogens is 235 g/mol. The van der Waals surface area contributed by atoms with Crippen LogP contribution in [0.1, 0.15) is 57.2 Å². The Hall–Kier alpha value is -0.740. The van der Waals surface area contributed by atoms with Crippen molar-refractivity contribution >= 4 is 18.7 Å². The Morgan fingerprint density at radius 1 is 0.889 bits per heavy atom. The molecule has 0 fully saturated rings. The van der Waals surface area contributed by atoms with Crippen LogP contribution in [0.5, 0.6) is 0 Å². The van der Waals surface area contributed by atoms with Crippen molar-refractivity contribution < 1.29 is 0 Å². The van der Waals surface area contributed by atoms with Crippen molar-refractivity contribution in [2.24, 2.45) is 0 Å². The quantitative estimate of drug-likeness (QED) is 0.498. The van der Waals surface area contributed by atoms with E-state index in [1.54, 1.807) is 10.4 Å². The van der Waals surface area contributed by atoms with Gasteiger partial charge in [-0.2, -0.15) is 0 Å². The maximum atomic E-state index is 2.42. The molecule has 0 saturated carbocycles. The standard InChI is InChI=1S/C17H25P/c1-2-3-4-5-6-7-8-12-16-14-15-11-9-10-13-17(15)18-16/h9-11,13-14,18H,2-8,12H2,1H3. The summed E-state index contributed by atoms with van der Waals surface area (Å²) in [5.74, 6) is 0. The van der Waals surface area contributed by atoms with Crippen LogP contribution in [-0.4, -0.2) is 0 Å². The predicted octanol–water partition coefficient (Wildman–Crippen LogP) is 6.16. The fourth-order valence-electron chi connectivity index (χ4n) is 2.54. The normalized spacial score (nSPS) is 11.6. The number of benzene rings is 1. The number of hydrogen-bond donors (Lipinski definition) is 0. The van der Waals surface area contributed by atoms with Gasteiger partial charge >= 0.3 is 0 Å². The van der Waals surface area contributed by atoms with Crippen LogP contribution in [0, 0.1) is 0 Å². The van der Waals surface area contributed by atoms with Crippen molar-refractivity contribution in [3.63, 3.8) is 0 Å². The van der Waals surface area contributed by atoms with Gasteiger partial charge in [0.05, 0.1) is 0 Å². The third-order valence-corrected chi connectivity index (χ3v) is 5.08. The minimum absolute atomic E-state index is 0.944. The van der Waals surface area contributed by atoms with E-state index in [0.717, 1.165) is 8.19 Å². The molecule has 1 unspecified atom stereocenters. The van der Waals surface area contributed by atoms with E-state index in [2.05, 4.69) is 37.3 Å². The highest BCUT2D eigenvalue weighted by Crippen LogP contribution is 2.31. The van der Waals surface area contributed by atoms with Gasteiger partial charge in [0.1, 0.15) is 0 Å². The lowest BCUT2D eigenvalue weighted by Gasteiger charge is -2.00. The van der Waals surface area contributed by atoms with E-state index in [0.29, 0.717) is 0 Å². The SMILES string of the molecule is CCCCCCCCCc1cc2ccccc2[pH]1. The second-order valence-electron chi connectivity index (χ2n) is 5.25. The Morgan fingerprint density at radius 2 is 1.61 bits per heavy atom. The van der Waals surface area contributed by atoms with Gasteiger partial charge in [-0.3, -0.25) is 0 Å². The summed E-state index contributed by atoms with van der Waals surface area (Å²) in [4.78, 5) is 0. The molecule has 1 aromatic heterocycles. The largest absolute Gasteiger partial charge is 0.128 e. The van der Waals surface area contributed by atoms with Gasteiger partial charge in [-0.1, -0.05) is 69.7 Å². The van der Waals surface area contributed by atoms with Crippen molar-refractivity contribution in [2.45, 2.75) is 58.3 Å². The van der Waals surface area contributed by atoms with Gasteiger partial charge in [0.15, 0.2) is 0 Å². The van der Waals surface area contributed by atoms with Crippen LogP contribution in [0.4, 0.5) is 0 Å². The second-order valence-corrected chi connectivity index (χ2v) is 6.68. The fraction of sp³-hybridized carbons (Fsp3) is 0.529. The van der Waals surface area contributed by atoms with Crippen LogP contribution in [0.2, 0.25) is 0 Å². The molecule has 1 aromatic carbocycles. The van der Waals surface area contributed by atoms with Gasteiger partial charge in [-0.05, 0) is 34.7 Å². The zero-order valence-corrected chi connectivity index (χ0v) is 12.5. The summed E-state index contributed by atoms with van der Waals surface area (Å²) in [5.41, 5.74) is 0. The monoisotopic (exact) mass is 260 g/mol. The predicted molar refractivity (Wildman–Crippen MR) is 85.1 cm³/mol. The highest BCUT2D eigenvalue weighted by Gasteiger charge is 1.99. The molecule has 1 heterocycles. The second kappa shape index (κ2) is 7.64. The Morgan fingerprint density at radius 3 is 2.39 bits per heavy atom. The lowest BCUT2D eigenvalue weighted by molar-refractivity contribution is 0.590. The van der Waals surface area contributed by atoms with E-state index in [-0.39, 0.29) is 0 Å². The summed E-state index contributed by atoms with van der Waals surface area (Å²) in [6.07, 6.45) is 11.2. The lowest BCUT2D eigenvalue weighted by atomic mass is 10.1. The highest BCUT2D eigenvalue weighted by molar-refractivity contribution is 7.38. The van der Waals surface area contributed by atoms with Crippen molar-refractivity contribution in [3.05, 3.63) is 35.6 Å². The molecule has 0 aliphatic heterocycles. The lowest BCUT2D eigenvalue weighted by Crippen LogP contribution is -1.82. The first-order chi connectivity index (χ1) is 8.90. The number of unbranched alkanes of at least 4 members (excludes halogenated alkanes) is 6. The molecule has 0 spiro atoms. The minimum Gasteiger partial charge on any atom is -0.128 e. The molecule has 0 bridgehead atoms.